The predicted molar refractivity (Wildman–Crippen MR) is 246 cm³/mol. The van der Waals surface area contributed by atoms with Gasteiger partial charge in [-0.15, -0.1) is 0 Å². The van der Waals surface area contributed by atoms with E-state index in [1.165, 1.54) is 49.9 Å². The molecule has 11 aromatic rings. The van der Waals surface area contributed by atoms with E-state index in [1.54, 1.807) is 0 Å². The molecule has 0 N–H and O–H groups in total. The molecule has 3 nitrogen and oxygen atoms in total. The van der Waals surface area contributed by atoms with Crippen molar-refractivity contribution in [1.82, 2.24) is 9.97 Å². The molecule has 0 amide bonds. The lowest BCUT2D eigenvalue weighted by atomic mass is 9.67. The van der Waals surface area contributed by atoms with Gasteiger partial charge in [0.1, 0.15) is 11.2 Å². The monoisotopic (exact) mass is 764 g/mol. The van der Waals surface area contributed by atoms with E-state index in [9.17, 15) is 0 Å². The van der Waals surface area contributed by atoms with Gasteiger partial charge in [0.2, 0.25) is 0 Å². The summed E-state index contributed by atoms with van der Waals surface area (Å²) in [4.78, 5) is 10.5. The molecular weight excluding hydrogens is 729 g/mol. The van der Waals surface area contributed by atoms with Gasteiger partial charge in [0.15, 0.2) is 5.82 Å². The van der Waals surface area contributed by atoms with Gasteiger partial charge in [0, 0.05) is 27.5 Å². The molecule has 2 aromatic heterocycles. The normalized spacial score (nSPS) is 12.8. The van der Waals surface area contributed by atoms with Crippen LogP contribution in [0, 0.1) is 0 Å². The van der Waals surface area contributed by atoms with Gasteiger partial charge in [-0.05, 0) is 79.5 Å². The van der Waals surface area contributed by atoms with Crippen LogP contribution < -0.4 is 0 Å². The van der Waals surface area contributed by atoms with Gasteiger partial charge in [0.05, 0.1) is 16.8 Å². The molecule has 12 rings (SSSR count). The van der Waals surface area contributed by atoms with Crippen molar-refractivity contribution >= 4 is 32.7 Å². The van der Waals surface area contributed by atoms with Crippen molar-refractivity contribution in [2.75, 3.05) is 0 Å². The van der Waals surface area contributed by atoms with Crippen LogP contribution in [0.25, 0.3) is 88.9 Å². The van der Waals surface area contributed by atoms with Gasteiger partial charge in [-0.3, -0.25) is 0 Å². The van der Waals surface area contributed by atoms with Crippen molar-refractivity contribution in [2.45, 2.75) is 5.41 Å². The lowest BCUT2D eigenvalue weighted by Gasteiger charge is -2.33. The maximum Gasteiger partial charge on any atom is 0.160 e. The highest BCUT2D eigenvalue weighted by atomic mass is 16.3. The first-order chi connectivity index (χ1) is 29.8. The Hall–Kier alpha value is -7.88. The smallest absolute Gasteiger partial charge is 0.160 e. The fraction of sp³-hybridized carbons (Fsp3) is 0.0175. The Labute approximate surface area is 347 Å². The van der Waals surface area contributed by atoms with Gasteiger partial charge in [0.25, 0.3) is 0 Å². The second kappa shape index (κ2) is 13.6. The van der Waals surface area contributed by atoms with Crippen LogP contribution in [0.2, 0.25) is 0 Å². The zero-order valence-electron chi connectivity index (χ0n) is 32.6. The first-order valence-corrected chi connectivity index (χ1v) is 20.5. The van der Waals surface area contributed by atoms with E-state index in [1.807, 2.05) is 42.5 Å². The summed E-state index contributed by atoms with van der Waals surface area (Å²) in [7, 11) is 0. The second-order valence-electron chi connectivity index (χ2n) is 15.6. The van der Waals surface area contributed by atoms with Crippen LogP contribution >= 0.6 is 0 Å². The number of hydrogen-bond acceptors (Lipinski definition) is 3. The number of benzene rings is 9. The maximum atomic E-state index is 6.32. The number of nitrogens with zero attached hydrogens (tertiary/aromatic N) is 2. The highest BCUT2D eigenvalue weighted by Crippen LogP contribution is 2.57. The van der Waals surface area contributed by atoms with Gasteiger partial charge >= 0.3 is 0 Å². The van der Waals surface area contributed by atoms with Crippen molar-refractivity contribution < 1.29 is 4.42 Å². The fourth-order valence-corrected chi connectivity index (χ4v) is 9.82. The summed E-state index contributed by atoms with van der Waals surface area (Å²) in [6.07, 6.45) is 0. The summed E-state index contributed by atoms with van der Waals surface area (Å²) in [6.45, 7) is 0. The molecule has 1 aliphatic rings. The van der Waals surface area contributed by atoms with Gasteiger partial charge in [-0.1, -0.05) is 194 Å². The number of aromatic nitrogens is 2. The highest BCUT2D eigenvalue weighted by Gasteiger charge is 2.46. The number of hydrogen-bond donors (Lipinski definition) is 0. The maximum absolute atomic E-state index is 6.32. The summed E-state index contributed by atoms with van der Waals surface area (Å²) >= 11 is 0. The quantitative estimate of drug-likeness (QED) is 0.169. The van der Waals surface area contributed by atoms with Crippen LogP contribution in [0.4, 0.5) is 0 Å². The molecule has 0 bridgehead atoms. The number of para-hydroxylation sites is 1. The van der Waals surface area contributed by atoms with Crippen LogP contribution in [0.3, 0.4) is 0 Å². The standard InChI is InChI=1S/C57H36N2O/c1-4-17-37(18-5-1)56-58-51(36-52(59-56)46-27-16-30-54-55(46)47-26-13-15-29-53(47)60-54)45-33-32-41(42-23-10-11-24-43(42)45)38-31-34-50-48(35-38)44-25-12-14-28-49(44)57(50,39-19-6-2-7-20-39)40-21-8-3-9-22-40/h1-36H. The molecular formula is C57H36N2O. The first-order valence-electron chi connectivity index (χ1n) is 20.5. The van der Waals surface area contributed by atoms with Gasteiger partial charge in [-0.25, -0.2) is 9.97 Å². The molecule has 3 heteroatoms. The molecule has 280 valence electrons. The Morgan fingerprint density at radius 2 is 0.883 bits per heavy atom. The SMILES string of the molecule is c1ccc(-c2nc(-c3ccc(-c4ccc5c(c4)-c4ccccc4C5(c4ccccc4)c4ccccc4)c4ccccc34)cc(-c3cccc4oc5ccccc5c34)n2)cc1. The molecule has 0 fully saturated rings. The molecule has 0 radical (unpaired) electrons. The molecule has 60 heavy (non-hydrogen) atoms. The minimum atomic E-state index is -0.437. The summed E-state index contributed by atoms with van der Waals surface area (Å²) in [6, 6.07) is 78.1. The second-order valence-corrected chi connectivity index (χ2v) is 15.6. The molecule has 0 unspecified atom stereocenters. The van der Waals surface area contributed by atoms with Crippen LogP contribution in [0.5, 0.6) is 0 Å². The van der Waals surface area contributed by atoms with E-state index >= 15 is 0 Å². The molecule has 0 aliphatic heterocycles. The van der Waals surface area contributed by atoms with E-state index in [-0.39, 0.29) is 0 Å². The molecule has 0 saturated heterocycles. The van der Waals surface area contributed by atoms with E-state index < -0.39 is 5.41 Å². The molecule has 2 heterocycles. The number of rotatable bonds is 6. The average molecular weight is 765 g/mol. The largest absolute Gasteiger partial charge is 0.456 e. The summed E-state index contributed by atoms with van der Waals surface area (Å²) < 4.78 is 6.32. The predicted octanol–water partition coefficient (Wildman–Crippen LogP) is 14.6. The third-order valence-electron chi connectivity index (χ3n) is 12.4. The van der Waals surface area contributed by atoms with Crippen molar-refractivity contribution in [1.29, 1.82) is 0 Å². The Bertz CT molecular complexity index is 3380. The topological polar surface area (TPSA) is 38.9 Å². The zero-order valence-corrected chi connectivity index (χ0v) is 32.6. The summed E-state index contributed by atoms with van der Waals surface area (Å²) in [5.41, 5.74) is 16.0. The molecule has 0 saturated carbocycles. The third kappa shape index (κ3) is 5.16. The average Bonchev–Trinajstić information content (AvgIpc) is 3.86. The Morgan fingerprint density at radius 1 is 0.333 bits per heavy atom. The van der Waals surface area contributed by atoms with E-state index in [4.69, 9.17) is 14.4 Å². The third-order valence-corrected chi connectivity index (χ3v) is 12.4. The molecule has 1 aliphatic carbocycles. The summed E-state index contributed by atoms with van der Waals surface area (Å²) in [5.74, 6) is 0.679. The van der Waals surface area contributed by atoms with E-state index in [2.05, 4.69) is 176 Å². The van der Waals surface area contributed by atoms with Gasteiger partial charge < -0.3 is 4.42 Å². The van der Waals surface area contributed by atoms with Crippen molar-refractivity contribution in [3.8, 4) is 56.2 Å². The summed E-state index contributed by atoms with van der Waals surface area (Å²) in [5, 5.41) is 4.43. The van der Waals surface area contributed by atoms with Crippen molar-refractivity contribution in [3.05, 3.63) is 241 Å². The Morgan fingerprint density at radius 3 is 1.63 bits per heavy atom. The minimum Gasteiger partial charge on any atom is -0.456 e. The van der Waals surface area contributed by atoms with Crippen LogP contribution in [-0.2, 0) is 5.41 Å². The lowest BCUT2D eigenvalue weighted by Crippen LogP contribution is -2.28. The van der Waals surface area contributed by atoms with Gasteiger partial charge in [-0.2, -0.15) is 0 Å². The number of furan rings is 1. The molecule has 9 aromatic carbocycles. The van der Waals surface area contributed by atoms with Crippen LogP contribution in [-0.4, -0.2) is 9.97 Å². The van der Waals surface area contributed by atoms with Crippen LogP contribution in [0.1, 0.15) is 22.3 Å². The minimum absolute atomic E-state index is 0.437. The van der Waals surface area contributed by atoms with E-state index in [0.29, 0.717) is 5.82 Å². The Balaban J connectivity index is 1.05. The lowest BCUT2D eigenvalue weighted by molar-refractivity contribution is 0.669. The van der Waals surface area contributed by atoms with Crippen LogP contribution in [0.15, 0.2) is 223 Å². The highest BCUT2D eigenvalue weighted by molar-refractivity contribution is 6.12. The first kappa shape index (κ1) is 34.2. The van der Waals surface area contributed by atoms with Crippen molar-refractivity contribution in [2.24, 2.45) is 0 Å². The Kier molecular flexibility index (Phi) is 7.76. The molecule has 0 spiro atoms. The van der Waals surface area contributed by atoms with E-state index in [0.717, 1.165) is 55.4 Å². The number of fused-ring (bicyclic) bond motifs is 7. The fourth-order valence-electron chi connectivity index (χ4n) is 9.82. The zero-order chi connectivity index (χ0) is 39.6. The van der Waals surface area contributed by atoms with Crippen molar-refractivity contribution in [3.63, 3.8) is 0 Å². The molecule has 0 atom stereocenters.